The fourth-order valence-corrected chi connectivity index (χ4v) is 3.18. The lowest BCUT2D eigenvalue weighted by Crippen LogP contribution is -2.24. The summed E-state index contributed by atoms with van der Waals surface area (Å²) in [4.78, 5) is 18.7. The number of amides is 1. The molecule has 126 valence electrons. The van der Waals surface area contributed by atoms with E-state index in [4.69, 9.17) is 4.52 Å². The first-order valence-corrected chi connectivity index (χ1v) is 8.38. The van der Waals surface area contributed by atoms with Crippen molar-refractivity contribution in [1.82, 2.24) is 10.1 Å². The monoisotopic (exact) mass is 333 g/mol. The molecule has 5 heteroatoms. The molecule has 1 fully saturated rings. The topological polar surface area (TPSA) is 59.2 Å². The predicted molar refractivity (Wildman–Crippen MR) is 95.4 cm³/mol. The van der Waals surface area contributed by atoms with Gasteiger partial charge in [0, 0.05) is 24.2 Å². The number of carbonyl (C=O) groups excluding carboxylic acids is 1. The van der Waals surface area contributed by atoms with Crippen molar-refractivity contribution in [3.8, 4) is 11.4 Å². The van der Waals surface area contributed by atoms with Crippen molar-refractivity contribution >= 4 is 11.6 Å². The molecule has 5 nitrogen and oxygen atoms in total. The summed E-state index contributed by atoms with van der Waals surface area (Å²) in [7, 11) is 0. The average Bonchev–Trinajstić information content (AvgIpc) is 3.23. The number of nitrogens with zero attached hydrogens (tertiary/aromatic N) is 3. The molecule has 0 bridgehead atoms. The number of anilines is 1. The highest BCUT2D eigenvalue weighted by Gasteiger charge is 2.35. The van der Waals surface area contributed by atoms with Crippen LogP contribution in [-0.4, -0.2) is 22.6 Å². The molecule has 0 aliphatic carbocycles. The first-order chi connectivity index (χ1) is 12.1. The van der Waals surface area contributed by atoms with E-state index in [-0.39, 0.29) is 11.8 Å². The normalized spacial score (nSPS) is 17.3. The fourth-order valence-electron chi connectivity index (χ4n) is 3.18. The Labute approximate surface area is 146 Å². The molecule has 1 atom stereocenters. The smallest absolute Gasteiger partial charge is 0.232 e. The van der Waals surface area contributed by atoms with Crippen molar-refractivity contribution in [3.05, 3.63) is 65.5 Å². The molecule has 2 heterocycles. The summed E-state index contributed by atoms with van der Waals surface area (Å²) in [5.41, 5.74) is 4.14. The number of aryl methyl sites for hydroxylation is 2. The molecule has 0 N–H and O–H groups in total. The summed E-state index contributed by atoms with van der Waals surface area (Å²) in [6.45, 7) is 4.62. The number of hydrogen-bond donors (Lipinski definition) is 0. The fraction of sp³-hybridized carbons (Fsp3) is 0.250. The Balaban J connectivity index is 1.57. The van der Waals surface area contributed by atoms with Gasteiger partial charge in [-0.3, -0.25) is 4.79 Å². The molecular formula is C20H19N3O2. The molecule has 1 aromatic heterocycles. The van der Waals surface area contributed by atoms with Crippen LogP contribution in [0.2, 0.25) is 0 Å². The number of carbonyl (C=O) groups is 1. The minimum absolute atomic E-state index is 0.0703. The lowest BCUT2D eigenvalue weighted by molar-refractivity contribution is -0.117. The maximum atomic E-state index is 12.4. The molecule has 1 saturated heterocycles. The molecule has 2 aromatic carbocycles. The zero-order valence-electron chi connectivity index (χ0n) is 14.3. The van der Waals surface area contributed by atoms with Gasteiger partial charge in [-0.1, -0.05) is 47.1 Å². The van der Waals surface area contributed by atoms with Gasteiger partial charge in [0.2, 0.25) is 17.6 Å². The van der Waals surface area contributed by atoms with Crippen LogP contribution in [-0.2, 0) is 4.79 Å². The van der Waals surface area contributed by atoms with E-state index in [2.05, 4.69) is 10.1 Å². The largest absolute Gasteiger partial charge is 0.339 e. The number of aromatic nitrogens is 2. The summed E-state index contributed by atoms with van der Waals surface area (Å²) >= 11 is 0. The van der Waals surface area contributed by atoms with Gasteiger partial charge < -0.3 is 9.42 Å². The van der Waals surface area contributed by atoms with Crippen LogP contribution in [0.4, 0.5) is 5.69 Å². The van der Waals surface area contributed by atoms with Gasteiger partial charge in [0.25, 0.3) is 0 Å². The summed E-state index contributed by atoms with van der Waals surface area (Å²) in [6.07, 6.45) is 0.392. The van der Waals surface area contributed by atoms with Gasteiger partial charge in [0.05, 0.1) is 5.92 Å². The van der Waals surface area contributed by atoms with Crippen LogP contribution in [0, 0.1) is 13.8 Å². The van der Waals surface area contributed by atoms with E-state index < -0.39 is 0 Å². The van der Waals surface area contributed by atoms with Gasteiger partial charge >= 0.3 is 0 Å². The van der Waals surface area contributed by atoms with Crippen LogP contribution in [0.3, 0.4) is 0 Å². The van der Waals surface area contributed by atoms with Crippen LogP contribution in [0.25, 0.3) is 11.4 Å². The van der Waals surface area contributed by atoms with Crippen LogP contribution >= 0.6 is 0 Å². The van der Waals surface area contributed by atoms with Crippen molar-refractivity contribution in [1.29, 1.82) is 0 Å². The van der Waals surface area contributed by atoms with Crippen molar-refractivity contribution in [3.63, 3.8) is 0 Å². The van der Waals surface area contributed by atoms with E-state index in [9.17, 15) is 4.79 Å². The lowest BCUT2D eigenvalue weighted by Gasteiger charge is -2.16. The average molecular weight is 333 g/mol. The summed E-state index contributed by atoms with van der Waals surface area (Å²) in [6, 6.07) is 15.9. The Bertz CT molecular complexity index is 915. The number of rotatable bonds is 3. The van der Waals surface area contributed by atoms with Crippen molar-refractivity contribution in [2.75, 3.05) is 11.4 Å². The quantitative estimate of drug-likeness (QED) is 0.730. The third kappa shape index (κ3) is 2.93. The molecule has 0 unspecified atom stereocenters. The molecule has 4 rings (SSSR count). The van der Waals surface area contributed by atoms with Gasteiger partial charge in [0.1, 0.15) is 0 Å². The zero-order chi connectivity index (χ0) is 17.4. The van der Waals surface area contributed by atoms with Crippen LogP contribution in [0.15, 0.2) is 53.1 Å². The van der Waals surface area contributed by atoms with Gasteiger partial charge in [-0.2, -0.15) is 4.98 Å². The van der Waals surface area contributed by atoms with E-state index in [1.807, 2.05) is 62.4 Å². The van der Waals surface area contributed by atoms with Crippen molar-refractivity contribution in [2.24, 2.45) is 0 Å². The summed E-state index contributed by atoms with van der Waals surface area (Å²) in [5.74, 6) is 1.12. The summed E-state index contributed by atoms with van der Waals surface area (Å²) < 4.78 is 5.47. The second kappa shape index (κ2) is 6.16. The molecule has 1 amide bonds. The Morgan fingerprint density at radius 1 is 1.08 bits per heavy atom. The van der Waals surface area contributed by atoms with Gasteiger partial charge in [-0.15, -0.1) is 0 Å². The molecule has 25 heavy (non-hydrogen) atoms. The first kappa shape index (κ1) is 15.6. The molecule has 0 saturated carbocycles. The zero-order valence-corrected chi connectivity index (χ0v) is 14.3. The number of hydrogen-bond acceptors (Lipinski definition) is 4. The predicted octanol–water partition coefficient (Wildman–Crippen LogP) is 3.87. The highest BCUT2D eigenvalue weighted by molar-refractivity contribution is 5.96. The third-order valence-electron chi connectivity index (χ3n) is 4.65. The SMILES string of the molecule is Cc1ccc(N2C[C@H](c3nc(-c4ccccc4C)no3)CC2=O)cc1. The van der Waals surface area contributed by atoms with Crippen LogP contribution < -0.4 is 4.90 Å². The highest BCUT2D eigenvalue weighted by Crippen LogP contribution is 2.32. The second-order valence-corrected chi connectivity index (χ2v) is 6.51. The van der Waals surface area contributed by atoms with E-state index in [1.54, 1.807) is 4.90 Å². The molecule has 1 aliphatic rings. The maximum Gasteiger partial charge on any atom is 0.232 e. The Kier molecular flexibility index (Phi) is 3.84. The minimum Gasteiger partial charge on any atom is -0.339 e. The molecule has 0 radical (unpaired) electrons. The van der Waals surface area contributed by atoms with Crippen molar-refractivity contribution < 1.29 is 9.32 Å². The second-order valence-electron chi connectivity index (χ2n) is 6.51. The summed E-state index contributed by atoms with van der Waals surface area (Å²) in [5, 5.41) is 4.11. The molecular weight excluding hydrogens is 314 g/mol. The highest BCUT2D eigenvalue weighted by atomic mass is 16.5. The Morgan fingerprint density at radius 3 is 2.60 bits per heavy atom. The van der Waals surface area contributed by atoms with Gasteiger partial charge in [0.15, 0.2) is 0 Å². The molecule has 1 aliphatic heterocycles. The van der Waals surface area contributed by atoms with E-state index in [1.165, 1.54) is 5.56 Å². The van der Waals surface area contributed by atoms with E-state index >= 15 is 0 Å². The standard InChI is InChI=1S/C20H19N3O2/c1-13-7-9-16(10-8-13)23-12-15(11-18(23)24)20-21-19(22-25-20)17-6-4-3-5-14(17)2/h3-10,15H,11-12H2,1-2H3/t15-/m1/s1. The first-order valence-electron chi connectivity index (χ1n) is 8.38. The van der Waals surface area contributed by atoms with E-state index in [0.29, 0.717) is 24.7 Å². The lowest BCUT2D eigenvalue weighted by atomic mass is 10.1. The molecule has 3 aromatic rings. The van der Waals surface area contributed by atoms with Crippen LogP contribution in [0.5, 0.6) is 0 Å². The van der Waals surface area contributed by atoms with Gasteiger partial charge in [-0.25, -0.2) is 0 Å². The Morgan fingerprint density at radius 2 is 1.84 bits per heavy atom. The third-order valence-corrected chi connectivity index (χ3v) is 4.65. The van der Waals surface area contributed by atoms with E-state index in [0.717, 1.165) is 16.8 Å². The van der Waals surface area contributed by atoms with Crippen LogP contribution in [0.1, 0.15) is 29.4 Å². The van der Waals surface area contributed by atoms with Gasteiger partial charge in [-0.05, 0) is 31.5 Å². The number of benzene rings is 2. The Hall–Kier alpha value is -2.95. The van der Waals surface area contributed by atoms with Crippen molar-refractivity contribution in [2.45, 2.75) is 26.2 Å². The minimum atomic E-state index is -0.0703. The molecule has 0 spiro atoms. The maximum absolute atomic E-state index is 12.4.